The van der Waals surface area contributed by atoms with Crippen molar-refractivity contribution in [3.05, 3.63) is 157 Å². The van der Waals surface area contributed by atoms with Crippen molar-refractivity contribution in [3.8, 4) is 22.5 Å². The number of aromatic amines is 1. The molecule has 2 fully saturated rings. The lowest BCUT2D eigenvalue weighted by molar-refractivity contribution is -0.385. The molecule has 0 atom stereocenters. The molecule has 2 aliphatic heterocycles. The monoisotopic (exact) mass is 1060 g/mol. The molecular weight excluding hydrogens is 1020 g/mol. The van der Waals surface area contributed by atoms with Crippen molar-refractivity contribution in [2.24, 2.45) is 0 Å². The van der Waals surface area contributed by atoms with E-state index < -0.39 is 15.0 Å². The number of halogens is 4. The van der Waals surface area contributed by atoms with Crippen LogP contribution in [0, 0.1) is 20.2 Å². The molecule has 0 bridgehead atoms. The Morgan fingerprint density at radius 2 is 1.07 bits per heavy atom. The van der Waals surface area contributed by atoms with Crippen LogP contribution in [0.1, 0.15) is 0 Å². The highest BCUT2D eigenvalue weighted by Gasteiger charge is 2.18. The molecule has 4 aromatic carbocycles. The van der Waals surface area contributed by atoms with Gasteiger partial charge in [-0.3, -0.25) is 44.5 Å². The van der Waals surface area contributed by atoms with Crippen molar-refractivity contribution in [1.82, 2.24) is 29.9 Å². The SMILES string of the molecule is O=P(Cl)(Cl)Cl.O=[N+]([O-])c1cccc(-c2nccc3c(Cl)nc(Nc4ccc(N5CCOCC5)cc4)nc23)c1.O=c1[nH]c(Nc2ccc(N3CCOCC3)cc2)nc2c(-c3cccc([N+](=O)[O-])c3)nccc12. The van der Waals surface area contributed by atoms with Crippen molar-refractivity contribution in [3.63, 3.8) is 0 Å². The molecule has 0 radical (unpaired) electrons. The summed E-state index contributed by atoms with van der Waals surface area (Å²) >= 11 is 20.3. The number of rotatable bonds is 10. The molecular formula is C46H39Cl4N12O8P. The van der Waals surface area contributed by atoms with Gasteiger partial charge in [0.05, 0.1) is 53.0 Å². The maximum absolute atomic E-state index is 12.7. The molecule has 8 aromatic rings. The number of hydrogen-bond acceptors (Lipinski definition) is 17. The first-order valence-corrected chi connectivity index (χ1v) is 26.3. The zero-order valence-electron chi connectivity index (χ0n) is 37.0. The Labute approximate surface area is 423 Å². The molecule has 0 unspecified atom stereocenters. The second-order valence-corrected chi connectivity index (χ2v) is 22.4. The molecule has 25 heteroatoms. The van der Waals surface area contributed by atoms with Gasteiger partial charge in [0, 0.05) is 102 Å². The fourth-order valence-corrected chi connectivity index (χ4v) is 7.81. The Morgan fingerprint density at radius 3 is 1.55 bits per heavy atom. The largest absolute Gasteiger partial charge is 0.378 e. The van der Waals surface area contributed by atoms with Crippen LogP contribution in [0.4, 0.5) is 46.0 Å². The number of pyridine rings is 2. The van der Waals surface area contributed by atoms with E-state index in [2.05, 4.69) is 84.1 Å². The summed E-state index contributed by atoms with van der Waals surface area (Å²) in [6.07, 6.45) is 3.08. The molecule has 4 aromatic heterocycles. The van der Waals surface area contributed by atoms with Gasteiger partial charge in [0.25, 0.3) is 16.9 Å². The highest BCUT2D eigenvalue weighted by Crippen LogP contribution is 2.61. The van der Waals surface area contributed by atoms with Crippen molar-refractivity contribution < 1.29 is 23.9 Å². The number of benzene rings is 4. The molecule has 10 rings (SSSR count). The van der Waals surface area contributed by atoms with Gasteiger partial charge in [0.1, 0.15) is 16.2 Å². The number of anilines is 6. The number of hydrogen-bond donors (Lipinski definition) is 3. The summed E-state index contributed by atoms with van der Waals surface area (Å²) in [6, 6.07) is 31.5. The predicted molar refractivity (Wildman–Crippen MR) is 277 cm³/mol. The van der Waals surface area contributed by atoms with Crippen LogP contribution in [-0.2, 0) is 14.0 Å². The van der Waals surface area contributed by atoms with E-state index in [1.54, 1.807) is 42.6 Å². The van der Waals surface area contributed by atoms with Crippen molar-refractivity contribution in [1.29, 1.82) is 0 Å². The van der Waals surface area contributed by atoms with Gasteiger partial charge < -0.3 is 29.9 Å². The Hall–Kier alpha value is -7.03. The lowest BCUT2D eigenvalue weighted by Crippen LogP contribution is -2.36. The van der Waals surface area contributed by atoms with Crippen LogP contribution in [0.5, 0.6) is 0 Å². The molecule has 20 nitrogen and oxygen atoms in total. The van der Waals surface area contributed by atoms with Crippen LogP contribution < -0.4 is 26.0 Å². The molecule has 6 heterocycles. The summed E-state index contributed by atoms with van der Waals surface area (Å²) in [4.78, 5) is 63.8. The van der Waals surface area contributed by atoms with Crippen LogP contribution >= 0.6 is 50.5 Å². The highest BCUT2D eigenvalue weighted by atomic mass is 36.0. The van der Waals surface area contributed by atoms with Crippen molar-refractivity contribution in [2.45, 2.75) is 0 Å². The summed E-state index contributed by atoms with van der Waals surface area (Å²) in [5.41, 5.74) is 6.21. The van der Waals surface area contributed by atoms with Gasteiger partial charge in [-0.05, 0) is 94.4 Å². The number of aromatic nitrogens is 6. The molecule has 2 saturated heterocycles. The minimum Gasteiger partial charge on any atom is -0.378 e. The maximum Gasteiger partial charge on any atom is 0.339 e. The van der Waals surface area contributed by atoms with E-state index in [9.17, 15) is 29.6 Å². The lowest BCUT2D eigenvalue weighted by atomic mass is 10.1. The van der Waals surface area contributed by atoms with Crippen molar-refractivity contribution >= 4 is 118 Å². The fourth-order valence-electron chi connectivity index (χ4n) is 7.57. The second kappa shape index (κ2) is 22.8. The normalized spacial score (nSPS) is 13.6. The minimum atomic E-state index is -3.22. The first-order valence-electron chi connectivity index (χ1n) is 21.5. The summed E-state index contributed by atoms with van der Waals surface area (Å²) in [5, 5.41) is 26.7. The third-order valence-corrected chi connectivity index (χ3v) is 11.1. The van der Waals surface area contributed by atoms with Gasteiger partial charge in [-0.1, -0.05) is 35.9 Å². The quantitative estimate of drug-likeness (QED) is 0.0498. The van der Waals surface area contributed by atoms with Gasteiger partial charge in [-0.2, -0.15) is 0 Å². The Bertz CT molecular complexity index is 3320. The third-order valence-electron chi connectivity index (χ3n) is 10.9. The van der Waals surface area contributed by atoms with Gasteiger partial charge in [0.2, 0.25) is 11.9 Å². The molecule has 0 aliphatic carbocycles. The van der Waals surface area contributed by atoms with E-state index in [-0.39, 0.29) is 28.0 Å². The molecule has 71 heavy (non-hydrogen) atoms. The van der Waals surface area contributed by atoms with Crippen LogP contribution in [-0.4, -0.2) is 92.4 Å². The van der Waals surface area contributed by atoms with Crippen LogP contribution in [0.2, 0.25) is 5.15 Å². The van der Waals surface area contributed by atoms with Crippen LogP contribution in [0.3, 0.4) is 0 Å². The number of nitrogens with zero attached hydrogens (tertiary/aromatic N) is 9. The molecule has 364 valence electrons. The van der Waals surface area contributed by atoms with Gasteiger partial charge in [0.15, 0.2) is 0 Å². The summed E-state index contributed by atoms with van der Waals surface area (Å²) in [7, 11) is 0. The molecule has 0 amide bonds. The zero-order valence-corrected chi connectivity index (χ0v) is 40.9. The second-order valence-electron chi connectivity index (χ2n) is 15.4. The topological polar surface area (TPSA) is 250 Å². The van der Waals surface area contributed by atoms with E-state index in [1.807, 2.05) is 48.5 Å². The van der Waals surface area contributed by atoms with Crippen LogP contribution in [0.15, 0.2) is 126 Å². The number of nitrogens with one attached hydrogen (secondary N) is 3. The van der Waals surface area contributed by atoms with E-state index in [0.29, 0.717) is 63.5 Å². The predicted octanol–water partition coefficient (Wildman–Crippen LogP) is 11.1. The van der Waals surface area contributed by atoms with E-state index >= 15 is 0 Å². The van der Waals surface area contributed by atoms with Gasteiger partial charge in [-0.15, -0.1) is 0 Å². The van der Waals surface area contributed by atoms with Crippen LogP contribution in [0.25, 0.3) is 44.3 Å². The number of fused-ring (bicyclic) bond motifs is 2. The number of ether oxygens (including phenoxy) is 2. The summed E-state index contributed by atoms with van der Waals surface area (Å²) < 4.78 is 20.3. The number of morpholine rings is 2. The summed E-state index contributed by atoms with van der Waals surface area (Å²) in [5.74, 6) is 0.567. The average Bonchev–Trinajstić information content (AvgIpc) is 3.37. The lowest BCUT2D eigenvalue weighted by Gasteiger charge is -2.28. The Morgan fingerprint density at radius 1 is 0.620 bits per heavy atom. The average molecular weight is 1060 g/mol. The first-order chi connectivity index (χ1) is 34.2. The smallest absolute Gasteiger partial charge is 0.339 e. The number of nitro groups is 2. The standard InChI is InChI=1S/C23H19ClN6O3.C23H20N6O4.Cl3OP/c24-22-19-8-9-25-20(15-2-1-3-18(14-15)30(31)32)21(19)27-23(28-22)26-16-4-6-17(7-5-16)29-10-12-33-13-11-29;30-22-19-8-9-24-20(15-2-1-3-18(14-15)29(31)32)21(19)26-23(27-22)25-16-4-6-17(7-5-16)28-10-12-33-13-11-28;1-5(2,3)4/h1-9,14H,10-13H2,(H,26,27,28);1-9,14H,10-13H2,(H2,25,26,27,30);. The third kappa shape index (κ3) is 13.2. The van der Waals surface area contributed by atoms with E-state index in [0.717, 1.165) is 62.1 Å². The number of H-pyrrole nitrogens is 1. The van der Waals surface area contributed by atoms with E-state index in [4.69, 9.17) is 21.1 Å². The first kappa shape index (κ1) is 50.4. The number of non-ortho nitro benzene ring substituents is 2. The molecule has 3 N–H and O–H groups in total. The van der Waals surface area contributed by atoms with Gasteiger partial charge in [-0.25, -0.2) is 15.0 Å². The zero-order chi connectivity index (χ0) is 50.1. The Balaban J connectivity index is 0.000000174. The minimum absolute atomic E-state index is 0.0230. The molecule has 0 saturated carbocycles. The molecule has 0 spiro atoms. The highest BCUT2D eigenvalue weighted by molar-refractivity contribution is 8.24. The summed E-state index contributed by atoms with van der Waals surface area (Å²) in [6.45, 7) is 6.30. The number of nitro benzene ring substituents is 2. The van der Waals surface area contributed by atoms with Gasteiger partial charge >= 0.3 is 5.20 Å². The van der Waals surface area contributed by atoms with E-state index in [1.165, 1.54) is 30.5 Å². The molecule has 2 aliphatic rings. The Kier molecular flexibility index (Phi) is 16.2. The van der Waals surface area contributed by atoms with Crippen molar-refractivity contribution in [2.75, 3.05) is 73.0 Å². The fraction of sp³-hybridized carbons (Fsp3) is 0.174. The maximum atomic E-state index is 12.7.